The molecule has 2 aliphatic rings. The summed E-state index contributed by atoms with van der Waals surface area (Å²) in [6, 6.07) is 10.4. The van der Waals surface area contributed by atoms with Crippen LogP contribution in [0.5, 0.6) is 0 Å². The van der Waals surface area contributed by atoms with Crippen molar-refractivity contribution in [2.75, 3.05) is 7.05 Å². The first-order valence-electron chi connectivity index (χ1n) is 14.3. The monoisotopic (exact) mass is 598 g/mol. The summed E-state index contributed by atoms with van der Waals surface area (Å²) in [5, 5.41) is 8.39. The average Bonchev–Trinajstić information content (AvgIpc) is 3.51. The summed E-state index contributed by atoms with van der Waals surface area (Å²) in [6.45, 7) is 7.49. The van der Waals surface area contributed by atoms with Crippen LogP contribution < -0.4 is 16.0 Å². The number of amides is 5. The molecule has 1 saturated heterocycles. The number of ether oxygens (including phenoxy) is 1. The lowest BCUT2D eigenvalue weighted by Gasteiger charge is -2.21. The molecule has 0 saturated carbocycles. The molecule has 3 aromatic rings. The van der Waals surface area contributed by atoms with Gasteiger partial charge in [0, 0.05) is 19.7 Å². The predicted molar refractivity (Wildman–Crippen MR) is 159 cm³/mol. The van der Waals surface area contributed by atoms with Crippen molar-refractivity contribution in [3.63, 3.8) is 0 Å². The predicted octanol–water partition coefficient (Wildman–Crippen LogP) is 3.31. The fraction of sp³-hybridized carbons (Fsp3) is 0.344. The molecule has 1 unspecified atom stereocenters. The Kier molecular flexibility index (Phi) is 8.18. The number of imide groups is 1. The van der Waals surface area contributed by atoms with E-state index in [-0.39, 0.29) is 35.9 Å². The van der Waals surface area contributed by atoms with Crippen LogP contribution in [0.25, 0.3) is 0 Å². The van der Waals surface area contributed by atoms with Gasteiger partial charge in [0.15, 0.2) is 0 Å². The molecule has 1 aliphatic carbocycles. The molecule has 12 heteroatoms. The van der Waals surface area contributed by atoms with Crippen LogP contribution in [0.4, 0.5) is 4.79 Å². The number of nitrogens with one attached hydrogen (secondary N) is 3. The van der Waals surface area contributed by atoms with Crippen molar-refractivity contribution >= 4 is 29.7 Å². The lowest BCUT2D eigenvalue weighted by Crippen LogP contribution is -2.29. The zero-order valence-electron chi connectivity index (χ0n) is 25.2. The van der Waals surface area contributed by atoms with Crippen LogP contribution in [-0.2, 0) is 22.5 Å². The molecule has 0 spiro atoms. The lowest BCUT2D eigenvalue weighted by molar-refractivity contribution is -0.126. The first kappa shape index (κ1) is 30.3. The van der Waals surface area contributed by atoms with Crippen LogP contribution in [0.1, 0.15) is 98.4 Å². The third-order valence-electron chi connectivity index (χ3n) is 7.64. The number of carbonyl (C=O) groups excluding carboxylic acids is 5. The minimum Gasteiger partial charge on any atom is -0.456 e. The van der Waals surface area contributed by atoms with Gasteiger partial charge in [0.1, 0.15) is 29.4 Å². The molecule has 5 rings (SSSR count). The van der Waals surface area contributed by atoms with Crippen molar-refractivity contribution in [3.05, 3.63) is 93.6 Å². The molecular weight excluding hydrogens is 564 g/mol. The first-order chi connectivity index (χ1) is 20.8. The van der Waals surface area contributed by atoms with E-state index in [4.69, 9.17) is 4.74 Å². The van der Waals surface area contributed by atoms with Gasteiger partial charge in [-0.2, -0.15) is 0 Å². The molecule has 1 aliphatic heterocycles. The minimum atomic E-state index is -0.783. The second-order valence-corrected chi connectivity index (χ2v) is 11.9. The number of esters is 1. The van der Waals surface area contributed by atoms with E-state index in [2.05, 4.69) is 25.9 Å². The van der Waals surface area contributed by atoms with Crippen molar-refractivity contribution < 1.29 is 28.7 Å². The van der Waals surface area contributed by atoms with E-state index in [1.54, 1.807) is 30.3 Å². The maximum atomic E-state index is 13.1. The van der Waals surface area contributed by atoms with Crippen molar-refractivity contribution in [2.24, 2.45) is 0 Å². The number of hydrogen-bond acceptors (Lipinski definition) is 8. The van der Waals surface area contributed by atoms with E-state index in [1.165, 1.54) is 13.1 Å². The molecule has 2 heterocycles. The van der Waals surface area contributed by atoms with Gasteiger partial charge in [0.25, 0.3) is 17.7 Å². The van der Waals surface area contributed by atoms with Gasteiger partial charge in [-0.15, -0.1) is 0 Å². The molecule has 0 bridgehead atoms. The average molecular weight is 599 g/mol. The van der Waals surface area contributed by atoms with Crippen molar-refractivity contribution in [1.82, 2.24) is 30.8 Å². The number of fused-ring (bicyclic) bond motifs is 1. The smallest absolute Gasteiger partial charge is 0.338 e. The van der Waals surface area contributed by atoms with E-state index >= 15 is 0 Å². The number of hydrogen-bond donors (Lipinski definition) is 3. The Morgan fingerprint density at radius 3 is 2.45 bits per heavy atom. The van der Waals surface area contributed by atoms with E-state index in [0.717, 1.165) is 27.9 Å². The highest BCUT2D eigenvalue weighted by Gasteiger charge is 2.36. The maximum absolute atomic E-state index is 13.1. The van der Waals surface area contributed by atoms with Gasteiger partial charge >= 0.3 is 12.0 Å². The number of likely N-dealkylation sites (N-methyl/N-ethyl adjacent to an activating group) is 1. The van der Waals surface area contributed by atoms with E-state index in [9.17, 15) is 24.0 Å². The maximum Gasteiger partial charge on any atom is 0.338 e. The standard InChI is InChI=1S/C32H34N6O6/c1-17-20-11-12-23(22(20)10-9-21(17)30(42)44-32(2,3)4)36-28(40)25-14-24(34-16-35-25)27(39)33-15-18-7-6-8-19(13-18)26-29(41)38(5)31(43)37-26/h6-10,13-14,16,23,26H,11-12,15H2,1-5H3,(H,33,39)(H,36,40)(H,37,43)/t23-,26?/m0/s1. The molecule has 1 fully saturated rings. The van der Waals surface area contributed by atoms with Crippen LogP contribution in [0, 0.1) is 6.92 Å². The van der Waals surface area contributed by atoms with Gasteiger partial charge < -0.3 is 20.7 Å². The van der Waals surface area contributed by atoms with Crippen LogP contribution >= 0.6 is 0 Å². The summed E-state index contributed by atoms with van der Waals surface area (Å²) < 4.78 is 5.54. The minimum absolute atomic E-state index is 0.0193. The molecule has 0 radical (unpaired) electrons. The highest BCUT2D eigenvalue weighted by Crippen LogP contribution is 2.35. The molecule has 3 N–H and O–H groups in total. The van der Waals surface area contributed by atoms with Crippen LogP contribution in [-0.4, -0.2) is 57.2 Å². The highest BCUT2D eigenvalue weighted by molar-refractivity contribution is 6.04. The second-order valence-electron chi connectivity index (χ2n) is 11.9. The molecule has 44 heavy (non-hydrogen) atoms. The van der Waals surface area contributed by atoms with E-state index < -0.39 is 29.5 Å². The normalized spacial score (nSPS) is 17.6. The molecule has 1 aromatic heterocycles. The summed E-state index contributed by atoms with van der Waals surface area (Å²) in [7, 11) is 1.41. The molecule has 228 valence electrons. The number of urea groups is 1. The topological polar surface area (TPSA) is 160 Å². The number of carbonyl (C=O) groups is 5. The molecule has 2 aromatic carbocycles. The third kappa shape index (κ3) is 6.29. The summed E-state index contributed by atoms with van der Waals surface area (Å²) >= 11 is 0. The van der Waals surface area contributed by atoms with Crippen LogP contribution in [0.3, 0.4) is 0 Å². The second kappa shape index (κ2) is 11.9. The number of benzene rings is 2. The Balaban J connectivity index is 1.22. The number of aromatic nitrogens is 2. The fourth-order valence-corrected chi connectivity index (χ4v) is 5.38. The summed E-state index contributed by atoms with van der Waals surface area (Å²) in [5.74, 6) is -1.69. The largest absolute Gasteiger partial charge is 0.456 e. The Bertz CT molecular complexity index is 1680. The van der Waals surface area contributed by atoms with Gasteiger partial charge in [-0.3, -0.25) is 19.3 Å². The highest BCUT2D eigenvalue weighted by atomic mass is 16.6. The van der Waals surface area contributed by atoms with Crippen molar-refractivity contribution in [1.29, 1.82) is 0 Å². The molecule has 5 amide bonds. The molecular formula is C32H34N6O6. The van der Waals surface area contributed by atoms with Crippen LogP contribution in [0.2, 0.25) is 0 Å². The Morgan fingerprint density at radius 2 is 1.77 bits per heavy atom. The Morgan fingerprint density at radius 1 is 1.05 bits per heavy atom. The van der Waals surface area contributed by atoms with Gasteiger partial charge in [0.05, 0.1) is 11.6 Å². The van der Waals surface area contributed by atoms with Gasteiger partial charge in [-0.25, -0.2) is 19.6 Å². The summed E-state index contributed by atoms with van der Waals surface area (Å²) in [4.78, 5) is 72.0. The Labute approximate surface area is 254 Å². The summed E-state index contributed by atoms with van der Waals surface area (Å²) in [5.41, 5.74) is 4.07. The van der Waals surface area contributed by atoms with Gasteiger partial charge in [-0.1, -0.05) is 30.3 Å². The fourth-order valence-electron chi connectivity index (χ4n) is 5.38. The van der Waals surface area contributed by atoms with Crippen LogP contribution in [0.15, 0.2) is 48.8 Å². The van der Waals surface area contributed by atoms with Crippen molar-refractivity contribution in [3.8, 4) is 0 Å². The SMILES string of the molecule is Cc1c(C(=O)OC(C)(C)C)ccc2c1CC[C@@H]2NC(=O)c1cc(C(=O)NCc2cccc(C3NC(=O)N(C)C3=O)c2)ncn1. The van der Waals surface area contributed by atoms with E-state index in [1.807, 2.05) is 33.8 Å². The van der Waals surface area contributed by atoms with E-state index in [0.29, 0.717) is 29.5 Å². The lowest BCUT2D eigenvalue weighted by atomic mass is 9.97. The zero-order valence-corrected chi connectivity index (χ0v) is 25.2. The van der Waals surface area contributed by atoms with Crippen molar-refractivity contribution in [2.45, 2.75) is 64.8 Å². The quantitative estimate of drug-likeness (QED) is 0.276. The van der Waals surface area contributed by atoms with Gasteiger partial charge in [-0.05, 0) is 74.4 Å². The summed E-state index contributed by atoms with van der Waals surface area (Å²) in [6.07, 6.45) is 2.51. The molecule has 12 nitrogen and oxygen atoms in total. The van der Waals surface area contributed by atoms with Gasteiger partial charge in [0.2, 0.25) is 0 Å². The zero-order chi connectivity index (χ0) is 31.8. The number of rotatable bonds is 7. The molecule has 2 atom stereocenters. The third-order valence-corrected chi connectivity index (χ3v) is 7.64. The first-order valence-corrected chi connectivity index (χ1v) is 14.3. The Hall–Kier alpha value is -5.13. The number of nitrogens with zero attached hydrogens (tertiary/aromatic N) is 3.